The van der Waals surface area contributed by atoms with Crippen molar-refractivity contribution >= 4 is 28.9 Å². The minimum atomic E-state index is -1.75. The van der Waals surface area contributed by atoms with Crippen LogP contribution in [-0.2, 0) is 11.4 Å². The number of nitrogens with one attached hydrogen (secondary N) is 1. The fourth-order valence-corrected chi connectivity index (χ4v) is 3.19. The number of para-hydroxylation sites is 1. The third kappa shape index (κ3) is 5.40. The maximum Gasteiger partial charge on any atom is 0.242 e. The number of hydrogen-bond acceptors (Lipinski definition) is 6. The summed E-state index contributed by atoms with van der Waals surface area (Å²) in [4.78, 5) is 16.9. The molecule has 0 bridgehead atoms. The Morgan fingerprint density at radius 1 is 1.23 bits per heavy atom. The lowest BCUT2D eigenvalue weighted by atomic mass is 10.00. The van der Waals surface area contributed by atoms with Crippen LogP contribution in [-0.4, -0.2) is 22.4 Å². The molecule has 2 heterocycles. The van der Waals surface area contributed by atoms with E-state index in [4.69, 9.17) is 48.1 Å². The second kappa shape index (κ2) is 9.95. The van der Waals surface area contributed by atoms with Crippen molar-refractivity contribution in [3.63, 3.8) is 0 Å². The second-order valence-electron chi connectivity index (χ2n) is 6.10. The van der Waals surface area contributed by atoms with Gasteiger partial charge in [0.05, 0.1) is 15.1 Å². The lowest BCUT2D eigenvalue weighted by Gasteiger charge is -2.24. The maximum atomic E-state index is 8.25. The molecule has 0 saturated carbocycles. The standard InChI is InChI=1S/C19H15Cl2N3O2.NO3/c20-15-6-5-13(9-16(15)21)10-26-23-19-14-3-1-2-4-18(14)25-11-17(19)24-8-7-22-12-24;2-1(3)4/h1-9,12,17H,10-11H2;/q;-1/p+1/b23-19-;. The van der Waals surface area contributed by atoms with Crippen molar-refractivity contribution in [2.24, 2.45) is 5.16 Å². The van der Waals surface area contributed by atoms with Crippen LogP contribution in [0.3, 0.4) is 0 Å². The van der Waals surface area contributed by atoms with E-state index >= 15 is 0 Å². The summed E-state index contributed by atoms with van der Waals surface area (Å²) < 4.78 is 7.89. The van der Waals surface area contributed by atoms with Crippen molar-refractivity contribution in [3.05, 3.63) is 97.7 Å². The van der Waals surface area contributed by atoms with E-state index in [2.05, 4.69) is 10.1 Å². The minimum absolute atomic E-state index is 0.0787. The van der Waals surface area contributed by atoms with E-state index in [1.165, 1.54) is 0 Å². The Balaban J connectivity index is 0.000000589. The topological polar surface area (TPSA) is 117 Å². The van der Waals surface area contributed by atoms with Gasteiger partial charge >= 0.3 is 0 Å². The van der Waals surface area contributed by atoms with Gasteiger partial charge in [0.2, 0.25) is 6.33 Å². The minimum Gasteiger partial charge on any atom is -0.488 e. The Kier molecular flexibility index (Phi) is 7.10. The Bertz CT molecular complexity index is 1040. The van der Waals surface area contributed by atoms with Crippen molar-refractivity contribution in [3.8, 4) is 5.75 Å². The second-order valence-corrected chi connectivity index (χ2v) is 6.92. The van der Waals surface area contributed by atoms with Gasteiger partial charge in [0.1, 0.15) is 37.1 Å². The van der Waals surface area contributed by atoms with Gasteiger partial charge in [-0.15, -0.1) is 0 Å². The normalized spacial score (nSPS) is 16.1. The molecular formula is C19H16Cl2N4O5. The van der Waals surface area contributed by atoms with Crippen molar-refractivity contribution in [1.29, 1.82) is 0 Å². The number of aromatic nitrogens is 2. The molecule has 11 heteroatoms. The summed E-state index contributed by atoms with van der Waals surface area (Å²) >= 11 is 12.0. The summed E-state index contributed by atoms with van der Waals surface area (Å²) in [7, 11) is 0. The molecule has 1 unspecified atom stereocenters. The van der Waals surface area contributed by atoms with Gasteiger partial charge < -0.3 is 24.9 Å². The molecule has 1 N–H and O–H groups in total. The van der Waals surface area contributed by atoms with Crippen molar-refractivity contribution in [1.82, 2.24) is 4.98 Å². The SMILES string of the molecule is Clc1ccc(CO/N=C2/c3ccccc3OCC2[n+]2cc[nH]c2)cc1Cl.O=[N+]([O-])[O-]. The number of rotatable bonds is 4. The number of H-pyrrole nitrogens is 1. The first-order chi connectivity index (χ1) is 14.5. The average Bonchev–Trinajstić information content (AvgIpc) is 3.25. The number of halogens is 2. The third-order valence-corrected chi connectivity index (χ3v) is 4.92. The van der Waals surface area contributed by atoms with E-state index < -0.39 is 5.09 Å². The number of hydrogen-bond donors (Lipinski definition) is 1. The van der Waals surface area contributed by atoms with E-state index in [-0.39, 0.29) is 6.04 Å². The van der Waals surface area contributed by atoms with Crippen LogP contribution in [0.2, 0.25) is 10.0 Å². The molecule has 30 heavy (non-hydrogen) atoms. The lowest BCUT2D eigenvalue weighted by molar-refractivity contribution is -0.706. The highest BCUT2D eigenvalue weighted by Crippen LogP contribution is 2.28. The Hall–Kier alpha value is -3.30. The Morgan fingerprint density at radius 3 is 2.70 bits per heavy atom. The molecule has 4 rings (SSSR count). The smallest absolute Gasteiger partial charge is 0.242 e. The molecule has 0 spiro atoms. The molecule has 0 fully saturated rings. The van der Waals surface area contributed by atoms with Gasteiger partial charge in [-0.2, -0.15) is 0 Å². The number of fused-ring (bicyclic) bond motifs is 1. The van der Waals surface area contributed by atoms with Crippen LogP contribution in [0.5, 0.6) is 5.75 Å². The van der Waals surface area contributed by atoms with Crippen LogP contribution >= 0.6 is 23.2 Å². The van der Waals surface area contributed by atoms with E-state index in [1.807, 2.05) is 53.6 Å². The van der Waals surface area contributed by atoms with E-state index in [0.717, 1.165) is 22.6 Å². The molecule has 0 amide bonds. The number of benzene rings is 2. The highest BCUT2D eigenvalue weighted by Gasteiger charge is 2.32. The van der Waals surface area contributed by atoms with Crippen LogP contribution < -0.4 is 9.30 Å². The van der Waals surface area contributed by atoms with Crippen molar-refractivity contribution in [2.45, 2.75) is 12.6 Å². The van der Waals surface area contributed by atoms with Gasteiger partial charge in [0, 0.05) is 5.56 Å². The first-order valence-electron chi connectivity index (χ1n) is 8.66. The van der Waals surface area contributed by atoms with Gasteiger partial charge in [-0.1, -0.05) is 46.6 Å². The molecular weight excluding hydrogens is 435 g/mol. The highest BCUT2D eigenvalue weighted by atomic mass is 35.5. The van der Waals surface area contributed by atoms with Crippen molar-refractivity contribution in [2.75, 3.05) is 6.61 Å². The molecule has 1 atom stereocenters. The maximum absolute atomic E-state index is 8.25. The van der Waals surface area contributed by atoms with E-state index in [0.29, 0.717) is 23.3 Å². The first-order valence-corrected chi connectivity index (χ1v) is 9.42. The predicted octanol–water partition coefficient (Wildman–Crippen LogP) is 3.92. The molecule has 3 aromatic rings. The summed E-state index contributed by atoms with van der Waals surface area (Å²) in [5.41, 5.74) is 2.64. The first kappa shape index (κ1) is 21.4. The fraction of sp³-hybridized carbons (Fsp3) is 0.158. The number of aromatic amines is 1. The molecule has 0 aliphatic carbocycles. The summed E-state index contributed by atoms with van der Waals surface area (Å²) in [5, 5.41) is 20.2. The molecule has 0 radical (unpaired) electrons. The van der Waals surface area contributed by atoms with Gasteiger partial charge in [0.25, 0.3) is 0 Å². The summed E-state index contributed by atoms with van der Waals surface area (Å²) in [6.45, 7) is 0.780. The van der Waals surface area contributed by atoms with Crippen LogP contribution in [0.15, 0.2) is 66.3 Å². The molecule has 9 nitrogen and oxygen atoms in total. The van der Waals surface area contributed by atoms with Gasteiger partial charge in [-0.05, 0) is 29.8 Å². The third-order valence-electron chi connectivity index (χ3n) is 4.18. The zero-order chi connectivity index (χ0) is 21.5. The number of nitrogens with zero attached hydrogens (tertiary/aromatic N) is 3. The zero-order valence-electron chi connectivity index (χ0n) is 15.4. The summed E-state index contributed by atoms with van der Waals surface area (Å²) in [6, 6.07) is 13.1. The fourth-order valence-electron chi connectivity index (χ4n) is 2.87. The van der Waals surface area contributed by atoms with Crippen LogP contribution in [0, 0.1) is 15.3 Å². The molecule has 156 valence electrons. The van der Waals surface area contributed by atoms with Gasteiger partial charge in [0.15, 0.2) is 6.04 Å². The zero-order valence-corrected chi connectivity index (χ0v) is 16.9. The molecule has 1 aliphatic rings. The van der Waals surface area contributed by atoms with Crippen LogP contribution in [0.4, 0.5) is 0 Å². The van der Waals surface area contributed by atoms with Gasteiger partial charge in [-0.3, -0.25) is 4.98 Å². The predicted molar refractivity (Wildman–Crippen MR) is 110 cm³/mol. The highest BCUT2D eigenvalue weighted by molar-refractivity contribution is 6.42. The largest absolute Gasteiger partial charge is 0.488 e. The molecule has 1 aliphatic heterocycles. The number of ether oxygens (including phenoxy) is 1. The summed E-state index contributed by atoms with van der Waals surface area (Å²) in [5.74, 6) is 0.803. The van der Waals surface area contributed by atoms with Crippen molar-refractivity contribution < 1.29 is 19.2 Å². The summed E-state index contributed by atoms with van der Waals surface area (Å²) in [6.07, 6.45) is 5.67. The Labute approximate surface area is 181 Å². The molecule has 0 saturated heterocycles. The van der Waals surface area contributed by atoms with E-state index in [9.17, 15) is 0 Å². The number of oxime groups is 1. The average molecular weight is 451 g/mol. The number of imidazole rings is 1. The quantitative estimate of drug-likeness (QED) is 0.367. The lowest BCUT2D eigenvalue weighted by Crippen LogP contribution is -2.48. The van der Waals surface area contributed by atoms with Gasteiger partial charge in [-0.25, -0.2) is 4.57 Å². The Morgan fingerprint density at radius 2 is 2.00 bits per heavy atom. The molecule has 1 aromatic heterocycles. The van der Waals surface area contributed by atoms with Crippen LogP contribution in [0.1, 0.15) is 17.2 Å². The molecule has 2 aromatic carbocycles. The van der Waals surface area contributed by atoms with Crippen LogP contribution in [0.25, 0.3) is 0 Å². The van der Waals surface area contributed by atoms with E-state index in [1.54, 1.807) is 12.1 Å². The monoisotopic (exact) mass is 450 g/mol.